The van der Waals surface area contributed by atoms with Gasteiger partial charge in [0.1, 0.15) is 17.6 Å². The molecule has 1 aliphatic rings. The van der Waals surface area contributed by atoms with Crippen LogP contribution in [0.3, 0.4) is 0 Å². The maximum absolute atomic E-state index is 12.3. The Kier molecular flexibility index (Phi) is 4.59. The topological polar surface area (TPSA) is 90.7 Å². The van der Waals surface area contributed by atoms with E-state index in [-0.39, 0.29) is 19.8 Å². The predicted molar refractivity (Wildman–Crippen MR) is 81.0 cm³/mol. The van der Waals surface area contributed by atoms with Crippen LogP contribution >= 0.6 is 11.3 Å². The molecular weight excluding hydrogens is 328 g/mol. The van der Waals surface area contributed by atoms with Gasteiger partial charge in [0.15, 0.2) is 0 Å². The number of hydrogen-bond donors (Lipinski definition) is 1. The Morgan fingerprint density at radius 2 is 2.36 bits per heavy atom. The van der Waals surface area contributed by atoms with Crippen LogP contribution < -0.4 is 4.72 Å². The molecule has 22 heavy (non-hydrogen) atoms. The number of sulfonamides is 1. The van der Waals surface area contributed by atoms with Gasteiger partial charge >= 0.3 is 0 Å². The molecule has 0 bridgehead atoms. The maximum atomic E-state index is 12.3. The van der Waals surface area contributed by atoms with E-state index in [0.29, 0.717) is 11.6 Å². The molecule has 0 aliphatic carbocycles. The van der Waals surface area contributed by atoms with Gasteiger partial charge in [-0.15, -0.1) is 11.3 Å². The van der Waals surface area contributed by atoms with Crippen molar-refractivity contribution in [2.75, 3.05) is 20.3 Å². The van der Waals surface area contributed by atoms with Crippen LogP contribution in [0.5, 0.6) is 0 Å². The molecule has 2 atom stereocenters. The number of oxazole rings is 1. The van der Waals surface area contributed by atoms with Crippen LogP contribution in [0.25, 0.3) is 10.8 Å². The minimum Gasteiger partial charge on any atom is -0.444 e. The van der Waals surface area contributed by atoms with Gasteiger partial charge in [-0.2, -0.15) is 0 Å². The molecule has 3 rings (SSSR count). The molecule has 2 unspecified atom stereocenters. The van der Waals surface area contributed by atoms with Gasteiger partial charge in [0.05, 0.1) is 30.3 Å². The third-order valence-electron chi connectivity index (χ3n) is 3.42. The molecule has 1 fully saturated rings. The van der Waals surface area contributed by atoms with E-state index >= 15 is 0 Å². The zero-order chi connectivity index (χ0) is 15.6. The Morgan fingerprint density at radius 1 is 1.50 bits per heavy atom. The number of nitrogens with zero attached hydrogens (tertiary/aromatic N) is 1. The highest BCUT2D eigenvalue weighted by Crippen LogP contribution is 2.23. The molecule has 2 aromatic heterocycles. The fraction of sp³-hybridized carbons (Fsp3) is 0.462. The molecule has 2 aromatic rings. The third-order valence-corrected chi connectivity index (χ3v) is 6.06. The van der Waals surface area contributed by atoms with E-state index < -0.39 is 21.4 Å². The first-order valence-corrected chi connectivity index (χ1v) is 9.10. The highest BCUT2D eigenvalue weighted by molar-refractivity contribution is 7.90. The molecule has 1 N–H and O–H groups in total. The van der Waals surface area contributed by atoms with Gasteiger partial charge < -0.3 is 13.9 Å². The summed E-state index contributed by atoms with van der Waals surface area (Å²) in [6.45, 7) is 0.492. The quantitative estimate of drug-likeness (QED) is 0.848. The van der Waals surface area contributed by atoms with E-state index in [0.717, 1.165) is 4.88 Å². The second kappa shape index (κ2) is 6.47. The number of ether oxygens (including phenoxy) is 2. The Hall–Kier alpha value is -1.26. The van der Waals surface area contributed by atoms with Gasteiger partial charge in [-0.05, 0) is 11.4 Å². The van der Waals surface area contributed by atoms with E-state index in [1.165, 1.54) is 24.7 Å². The van der Waals surface area contributed by atoms with Crippen LogP contribution in [0.2, 0.25) is 0 Å². The SMILES string of the molecule is COC1COCC1S(=O)(=O)NCc1coc(-c2cccs2)n1. The van der Waals surface area contributed by atoms with Crippen LogP contribution in [-0.2, 0) is 26.0 Å². The molecule has 7 nitrogen and oxygen atoms in total. The van der Waals surface area contributed by atoms with Crippen molar-refractivity contribution >= 4 is 21.4 Å². The number of hydrogen-bond acceptors (Lipinski definition) is 7. The summed E-state index contributed by atoms with van der Waals surface area (Å²) in [7, 11) is -2.06. The fourth-order valence-electron chi connectivity index (χ4n) is 2.21. The van der Waals surface area contributed by atoms with Crippen LogP contribution in [0.1, 0.15) is 5.69 Å². The van der Waals surface area contributed by atoms with Crippen LogP contribution in [0, 0.1) is 0 Å². The smallest absolute Gasteiger partial charge is 0.236 e. The Labute approximate surface area is 132 Å². The Bertz CT molecular complexity index is 711. The van der Waals surface area contributed by atoms with E-state index in [4.69, 9.17) is 13.9 Å². The molecule has 0 radical (unpaired) electrons. The van der Waals surface area contributed by atoms with Gasteiger partial charge in [-0.25, -0.2) is 18.1 Å². The van der Waals surface area contributed by atoms with Crippen LogP contribution in [0.4, 0.5) is 0 Å². The average molecular weight is 344 g/mol. The fourth-order valence-corrected chi connectivity index (χ4v) is 4.29. The van der Waals surface area contributed by atoms with Crippen molar-refractivity contribution in [2.45, 2.75) is 17.9 Å². The zero-order valence-electron chi connectivity index (χ0n) is 11.9. The van der Waals surface area contributed by atoms with Crippen molar-refractivity contribution in [3.8, 4) is 10.8 Å². The first-order valence-electron chi connectivity index (χ1n) is 6.67. The number of methoxy groups -OCH3 is 1. The Morgan fingerprint density at radius 3 is 3.09 bits per heavy atom. The standard InChI is InChI=1S/C13H16N2O5S2/c1-18-10-7-19-8-12(10)22(16,17)14-5-9-6-20-13(15-9)11-3-2-4-21-11/h2-4,6,10,12,14H,5,7-8H2,1H3. The first-order chi connectivity index (χ1) is 10.6. The average Bonchev–Trinajstić information content (AvgIpc) is 3.23. The maximum Gasteiger partial charge on any atom is 0.236 e. The summed E-state index contributed by atoms with van der Waals surface area (Å²) < 4.78 is 42.8. The Balaban J connectivity index is 1.65. The lowest BCUT2D eigenvalue weighted by molar-refractivity contribution is 0.0828. The summed E-state index contributed by atoms with van der Waals surface area (Å²) in [4.78, 5) is 5.18. The molecule has 120 valence electrons. The molecule has 1 aliphatic heterocycles. The van der Waals surface area contributed by atoms with Crippen molar-refractivity contribution in [3.63, 3.8) is 0 Å². The van der Waals surface area contributed by atoms with Crippen molar-refractivity contribution < 1.29 is 22.3 Å². The van der Waals surface area contributed by atoms with E-state index in [1.54, 1.807) is 0 Å². The van der Waals surface area contributed by atoms with Gasteiger partial charge in [0.25, 0.3) is 0 Å². The number of thiophene rings is 1. The highest BCUT2D eigenvalue weighted by Gasteiger charge is 2.38. The number of aromatic nitrogens is 1. The minimum atomic E-state index is -3.54. The van der Waals surface area contributed by atoms with Crippen molar-refractivity contribution in [1.29, 1.82) is 0 Å². The molecular formula is C13H16N2O5S2. The van der Waals surface area contributed by atoms with Gasteiger partial charge in [0, 0.05) is 7.11 Å². The number of rotatable bonds is 6. The molecule has 0 saturated carbocycles. The minimum absolute atomic E-state index is 0.0736. The molecule has 9 heteroatoms. The first kappa shape index (κ1) is 15.6. The van der Waals surface area contributed by atoms with Gasteiger partial charge in [-0.1, -0.05) is 6.07 Å². The number of nitrogens with one attached hydrogen (secondary N) is 1. The molecule has 0 amide bonds. The van der Waals surface area contributed by atoms with E-state index in [2.05, 4.69) is 9.71 Å². The summed E-state index contributed by atoms with van der Waals surface area (Å²) in [5.41, 5.74) is 0.528. The van der Waals surface area contributed by atoms with Gasteiger partial charge in [-0.3, -0.25) is 0 Å². The second-order valence-electron chi connectivity index (χ2n) is 4.84. The van der Waals surface area contributed by atoms with Crippen molar-refractivity contribution in [1.82, 2.24) is 9.71 Å². The lowest BCUT2D eigenvalue weighted by Crippen LogP contribution is -2.41. The largest absolute Gasteiger partial charge is 0.444 e. The monoisotopic (exact) mass is 344 g/mol. The molecule has 3 heterocycles. The van der Waals surface area contributed by atoms with Crippen LogP contribution in [0.15, 0.2) is 28.2 Å². The zero-order valence-corrected chi connectivity index (χ0v) is 13.5. The lowest BCUT2D eigenvalue weighted by atomic mass is 10.3. The molecule has 1 saturated heterocycles. The summed E-state index contributed by atoms with van der Waals surface area (Å²) in [5, 5.41) is 1.22. The van der Waals surface area contributed by atoms with Crippen molar-refractivity contribution in [2.24, 2.45) is 0 Å². The van der Waals surface area contributed by atoms with E-state index in [1.807, 2.05) is 17.5 Å². The van der Waals surface area contributed by atoms with Crippen LogP contribution in [-0.4, -0.2) is 45.1 Å². The summed E-state index contributed by atoms with van der Waals surface area (Å²) in [6, 6.07) is 3.79. The summed E-state index contributed by atoms with van der Waals surface area (Å²) in [5.74, 6) is 0.489. The summed E-state index contributed by atoms with van der Waals surface area (Å²) >= 11 is 1.51. The summed E-state index contributed by atoms with van der Waals surface area (Å²) in [6.07, 6.45) is 1.01. The lowest BCUT2D eigenvalue weighted by Gasteiger charge is -2.16. The normalized spacial score (nSPS) is 22.2. The van der Waals surface area contributed by atoms with Crippen molar-refractivity contribution in [3.05, 3.63) is 29.5 Å². The van der Waals surface area contributed by atoms with Gasteiger partial charge in [0.2, 0.25) is 15.9 Å². The second-order valence-corrected chi connectivity index (χ2v) is 7.77. The van der Waals surface area contributed by atoms with E-state index in [9.17, 15) is 8.42 Å². The third kappa shape index (κ3) is 3.23. The highest BCUT2D eigenvalue weighted by atomic mass is 32.2. The predicted octanol–water partition coefficient (Wildman–Crippen LogP) is 1.24. The molecule has 0 spiro atoms. The molecule has 0 aromatic carbocycles.